The molecule has 2 heterocycles. The molecule has 1 aliphatic heterocycles. The van der Waals surface area contributed by atoms with Gasteiger partial charge in [0.15, 0.2) is 0 Å². The van der Waals surface area contributed by atoms with Crippen molar-refractivity contribution in [3.8, 4) is 0 Å². The summed E-state index contributed by atoms with van der Waals surface area (Å²) >= 11 is 0. The van der Waals surface area contributed by atoms with Crippen molar-refractivity contribution in [2.75, 3.05) is 43.5 Å². The molecule has 12 heteroatoms. The molecule has 0 atom stereocenters. The molecule has 1 aromatic heterocycles. The summed E-state index contributed by atoms with van der Waals surface area (Å²) in [6.07, 6.45) is 0.565. The van der Waals surface area contributed by atoms with Gasteiger partial charge in [0.1, 0.15) is 0 Å². The van der Waals surface area contributed by atoms with Gasteiger partial charge in [0.2, 0.25) is 15.3 Å². The number of sulfonamides is 1. The summed E-state index contributed by atoms with van der Waals surface area (Å²) in [6, 6.07) is 8.13. The number of esters is 1. The number of nitrogens with two attached hydrogens (primary N) is 1. The highest BCUT2D eigenvalue weighted by Gasteiger charge is 2.41. The fourth-order valence-electron chi connectivity index (χ4n) is 2.87. The van der Waals surface area contributed by atoms with Crippen LogP contribution in [0.4, 0.5) is 5.88 Å². The molecule has 2 N–H and O–H groups in total. The maximum atomic E-state index is 12.7. The minimum atomic E-state index is -3.62. The summed E-state index contributed by atoms with van der Waals surface area (Å²) in [5, 5.41) is 5.30. The molecule has 3 rings (SSSR count). The van der Waals surface area contributed by atoms with Crippen molar-refractivity contribution in [3.05, 3.63) is 36.0 Å². The zero-order valence-corrected chi connectivity index (χ0v) is 16.7. The van der Waals surface area contributed by atoms with Crippen molar-refractivity contribution in [3.63, 3.8) is 0 Å². The summed E-state index contributed by atoms with van der Waals surface area (Å²) in [5.74, 6) is -2.35. The molecule has 0 amide bonds. The Labute approximate surface area is 167 Å². The van der Waals surface area contributed by atoms with Gasteiger partial charge in [-0.25, -0.2) is 13.2 Å². The molecule has 1 aliphatic rings. The van der Waals surface area contributed by atoms with E-state index in [1.54, 1.807) is 30.1 Å². The molecule has 0 unspecified atom stereocenters. The number of Topliss-reactive ketones (excluding diaryl/α,β-unsaturated/α-hetero) is 1. The number of nitrogens with zero attached hydrogens (tertiary/aromatic N) is 4. The van der Waals surface area contributed by atoms with Crippen molar-refractivity contribution in [2.24, 2.45) is 0 Å². The summed E-state index contributed by atoms with van der Waals surface area (Å²) < 4.78 is 36.5. The summed E-state index contributed by atoms with van der Waals surface area (Å²) in [6.45, 7) is 2.65. The van der Waals surface area contributed by atoms with Crippen LogP contribution in [0, 0.1) is 0 Å². The van der Waals surface area contributed by atoms with Gasteiger partial charge in [0.05, 0.1) is 29.4 Å². The van der Waals surface area contributed by atoms with Crippen LogP contribution in [0.15, 0.2) is 39.8 Å². The third-order valence-corrected chi connectivity index (χ3v) is 6.26. The standard InChI is InChI=1S/C17H21N5O6S/c1-2-12-27-17(24)15(23)14-16(18)28-19-22(14)20-8-10-21(11-9-20)29(25,26)13-6-4-3-5-7-13/h3-7H,2,8-12H2,1H3,(H-,18,19,23)/p+1. The molecule has 1 saturated heterocycles. The Bertz CT molecular complexity index is 983. The number of hydrogen-bond donors (Lipinski definition) is 1. The Morgan fingerprint density at radius 1 is 1.21 bits per heavy atom. The second-order valence-corrected chi connectivity index (χ2v) is 8.25. The van der Waals surface area contributed by atoms with Crippen LogP contribution >= 0.6 is 0 Å². The Balaban J connectivity index is 1.74. The quantitative estimate of drug-likeness (QED) is 0.265. The molecule has 0 spiro atoms. The number of anilines is 1. The number of rotatable bonds is 7. The lowest BCUT2D eigenvalue weighted by atomic mass is 10.3. The van der Waals surface area contributed by atoms with Crippen molar-refractivity contribution in [2.45, 2.75) is 18.2 Å². The highest BCUT2D eigenvalue weighted by atomic mass is 32.2. The molecule has 0 aliphatic carbocycles. The Morgan fingerprint density at radius 3 is 2.48 bits per heavy atom. The summed E-state index contributed by atoms with van der Waals surface area (Å²) in [5.41, 5.74) is 5.43. The average Bonchev–Trinajstić information content (AvgIpc) is 3.13. The number of nitrogen functional groups attached to an aromatic ring is 1. The molecule has 0 saturated carbocycles. The number of carbonyl (C=O) groups excluding carboxylic acids is 2. The predicted molar refractivity (Wildman–Crippen MR) is 99.8 cm³/mol. The highest BCUT2D eigenvalue weighted by molar-refractivity contribution is 7.89. The SMILES string of the molecule is CCCOC(=O)C(=O)c1c(N)on[n+]1N1CCN(S(=O)(=O)c2ccccc2)CC1. The van der Waals surface area contributed by atoms with Gasteiger partial charge in [0.25, 0.3) is 0 Å². The fraction of sp³-hybridized carbons (Fsp3) is 0.412. The predicted octanol–water partition coefficient (Wildman–Crippen LogP) is -0.677. The zero-order valence-electron chi connectivity index (χ0n) is 15.9. The molecule has 11 nitrogen and oxygen atoms in total. The lowest BCUT2D eigenvalue weighted by Crippen LogP contribution is -2.68. The number of piperazine rings is 1. The second kappa shape index (κ2) is 8.57. The second-order valence-electron chi connectivity index (χ2n) is 6.31. The van der Waals surface area contributed by atoms with Crippen LogP contribution in [0.25, 0.3) is 0 Å². The first-order valence-corrected chi connectivity index (χ1v) is 10.5. The average molecular weight is 424 g/mol. The van der Waals surface area contributed by atoms with E-state index >= 15 is 0 Å². The number of ether oxygens (including phenoxy) is 1. The van der Waals surface area contributed by atoms with Crippen LogP contribution < -0.4 is 15.5 Å². The van der Waals surface area contributed by atoms with E-state index in [2.05, 4.69) is 5.27 Å². The van der Waals surface area contributed by atoms with E-state index in [0.717, 1.165) is 4.79 Å². The number of hydrogen-bond acceptors (Lipinski definition) is 9. The van der Waals surface area contributed by atoms with Gasteiger partial charge in [-0.05, 0) is 18.6 Å². The van der Waals surface area contributed by atoms with Crippen LogP contribution in [-0.4, -0.2) is 62.5 Å². The van der Waals surface area contributed by atoms with Crippen LogP contribution in [0.2, 0.25) is 0 Å². The highest BCUT2D eigenvalue weighted by Crippen LogP contribution is 2.16. The Kier molecular flexibility index (Phi) is 6.13. The van der Waals surface area contributed by atoms with Crippen LogP contribution in [0.3, 0.4) is 0 Å². The summed E-state index contributed by atoms with van der Waals surface area (Å²) in [4.78, 5) is 25.6. The normalized spacial score (nSPS) is 15.3. The van der Waals surface area contributed by atoms with Gasteiger partial charge >= 0.3 is 23.3 Å². The molecule has 156 valence electrons. The molecule has 1 fully saturated rings. The van der Waals surface area contributed by atoms with Gasteiger partial charge in [0, 0.05) is 13.1 Å². The lowest BCUT2D eigenvalue weighted by Gasteiger charge is -2.29. The molecule has 2 aromatic rings. The van der Waals surface area contributed by atoms with E-state index in [1.165, 1.54) is 16.4 Å². The maximum absolute atomic E-state index is 12.7. The van der Waals surface area contributed by atoms with E-state index in [0.29, 0.717) is 6.42 Å². The van der Waals surface area contributed by atoms with Crippen molar-refractivity contribution >= 4 is 27.7 Å². The molecule has 0 radical (unpaired) electrons. The number of ketones is 1. The van der Waals surface area contributed by atoms with E-state index in [4.69, 9.17) is 15.0 Å². The van der Waals surface area contributed by atoms with Gasteiger partial charge < -0.3 is 10.5 Å². The first-order valence-electron chi connectivity index (χ1n) is 9.05. The van der Waals surface area contributed by atoms with E-state index in [1.807, 2.05) is 0 Å². The van der Waals surface area contributed by atoms with E-state index in [-0.39, 0.29) is 49.3 Å². The van der Waals surface area contributed by atoms with Crippen LogP contribution in [-0.2, 0) is 19.6 Å². The maximum Gasteiger partial charge on any atom is 0.386 e. The van der Waals surface area contributed by atoms with Crippen molar-refractivity contribution in [1.29, 1.82) is 0 Å². The Hall–Kier alpha value is -2.99. The first kappa shape index (κ1) is 20.7. The third-order valence-electron chi connectivity index (χ3n) is 4.35. The van der Waals surface area contributed by atoms with E-state index < -0.39 is 21.8 Å². The smallest absolute Gasteiger partial charge is 0.386 e. The molecular weight excluding hydrogens is 402 g/mol. The lowest BCUT2D eigenvalue weighted by molar-refractivity contribution is -0.760. The number of aromatic nitrogens is 2. The topological polar surface area (TPSA) is 140 Å². The Morgan fingerprint density at radius 2 is 1.86 bits per heavy atom. The number of benzene rings is 1. The minimum Gasteiger partial charge on any atom is -0.460 e. The summed E-state index contributed by atoms with van der Waals surface area (Å²) in [7, 11) is -3.62. The number of carbonyl (C=O) groups is 2. The molecule has 29 heavy (non-hydrogen) atoms. The third kappa shape index (κ3) is 4.22. The fourth-order valence-corrected chi connectivity index (χ4v) is 4.31. The monoisotopic (exact) mass is 424 g/mol. The van der Waals surface area contributed by atoms with Crippen molar-refractivity contribution < 1.29 is 32.1 Å². The van der Waals surface area contributed by atoms with Crippen molar-refractivity contribution in [1.82, 2.24) is 9.58 Å². The van der Waals surface area contributed by atoms with Gasteiger partial charge in [-0.3, -0.25) is 9.32 Å². The van der Waals surface area contributed by atoms with Gasteiger partial charge in [-0.2, -0.15) is 4.31 Å². The zero-order chi connectivity index (χ0) is 21.0. The van der Waals surface area contributed by atoms with E-state index in [9.17, 15) is 18.0 Å². The largest absolute Gasteiger partial charge is 0.460 e. The van der Waals surface area contributed by atoms with Gasteiger partial charge in [-0.1, -0.05) is 25.1 Å². The molecular formula is C17H22N5O6S+. The molecule has 0 bridgehead atoms. The first-order chi connectivity index (χ1) is 13.9. The van der Waals surface area contributed by atoms with Crippen LogP contribution in [0.1, 0.15) is 23.8 Å². The minimum absolute atomic E-state index is 0.103. The van der Waals surface area contributed by atoms with Gasteiger partial charge in [-0.15, -0.1) is 5.01 Å². The van der Waals surface area contributed by atoms with Crippen LogP contribution in [0.5, 0.6) is 0 Å². The molecule has 1 aromatic carbocycles.